The molecule has 1 aliphatic heterocycles. The number of hydrogen-bond acceptors (Lipinski definition) is 6. The van der Waals surface area contributed by atoms with E-state index < -0.39 is 6.10 Å². The van der Waals surface area contributed by atoms with Crippen molar-refractivity contribution in [1.82, 2.24) is 15.6 Å². The van der Waals surface area contributed by atoms with Crippen LogP contribution in [0.15, 0.2) is 60.8 Å². The minimum absolute atomic E-state index is 0.0990. The monoisotopic (exact) mass is 429 g/mol. The van der Waals surface area contributed by atoms with Gasteiger partial charge in [0.15, 0.2) is 6.10 Å². The van der Waals surface area contributed by atoms with E-state index in [1.165, 1.54) is 5.56 Å². The molecule has 4 rings (SSSR count). The van der Waals surface area contributed by atoms with Gasteiger partial charge in [-0.15, -0.1) is 0 Å². The zero-order chi connectivity index (χ0) is 22.3. The lowest BCUT2D eigenvalue weighted by atomic mass is 10.1. The lowest BCUT2D eigenvalue weighted by Crippen LogP contribution is -2.53. The molecular formula is C25H27N5O2. The Hall–Kier alpha value is -3.47. The summed E-state index contributed by atoms with van der Waals surface area (Å²) in [6.07, 6.45) is 1.03. The third kappa shape index (κ3) is 5.05. The van der Waals surface area contributed by atoms with Gasteiger partial charge in [-0.25, -0.2) is 0 Å². The van der Waals surface area contributed by atoms with E-state index in [2.05, 4.69) is 38.7 Å². The maximum absolute atomic E-state index is 12.8. The largest absolute Gasteiger partial charge is 0.365 e. The Morgan fingerprint density at radius 1 is 1.16 bits per heavy atom. The van der Waals surface area contributed by atoms with Gasteiger partial charge in [0.1, 0.15) is 6.07 Å². The summed E-state index contributed by atoms with van der Waals surface area (Å²) in [5.74, 6) is -0.112. The lowest BCUT2D eigenvalue weighted by molar-refractivity contribution is -0.137. The highest BCUT2D eigenvalue weighted by Crippen LogP contribution is 2.30. The molecular weight excluding hydrogens is 402 g/mol. The van der Waals surface area contributed by atoms with Gasteiger partial charge in [-0.2, -0.15) is 5.26 Å². The van der Waals surface area contributed by atoms with Gasteiger partial charge < -0.3 is 20.3 Å². The molecule has 1 saturated heterocycles. The molecule has 2 heterocycles. The number of carbonyl (C=O) groups excluding carboxylic acids is 1. The molecule has 1 aliphatic rings. The highest BCUT2D eigenvalue weighted by molar-refractivity contribution is 5.95. The Morgan fingerprint density at radius 3 is 2.81 bits per heavy atom. The number of aromatic nitrogens is 1. The zero-order valence-electron chi connectivity index (χ0n) is 18.1. The summed E-state index contributed by atoms with van der Waals surface area (Å²) in [7, 11) is 0. The second-order valence-electron chi connectivity index (χ2n) is 7.94. The smallest absolute Gasteiger partial charge is 0.251 e. The van der Waals surface area contributed by atoms with Crippen molar-refractivity contribution in [3.05, 3.63) is 71.9 Å². The van der Waals surface area contributed by atoms with Crippen LogP contribution in [0.3, 0.4) is 0 Å². The standard InChI is InChI=1S/C25H27N5O2/c1-18-16-30(22-10-9-20(14-26)24-21(22)8-5-11-28-24)17-23(32-18)25(31)29-13-12-27-15-19-6-3-2-4-7-19/h2-11,18,23,27H,12-13,15-17H2,1H3,(H,29,31). The van der Waals surface area contributed by atoms with Crippen molar-refractivity contribution in [2.45, 2.75) is 25.7 Å². The molecule has 1 aromatic heterocycles. The number of hydrogen-bond donors (Lipinski definition) is 2. The summed E-state index contributed by atoms with van der Waals surface area (Å²) in [5.41, 5.74) is 3.40. The van der Waals surface area contributed by atoms with E-state index in [1.807, 2.05) is 43.3 Å². The Morgan fingerprint density at radius 2 is 2.00 bits per heavy atom. The normalized spacial score (nSPS) is 18.3. The fourth-order valence-corrected chi connectivity index (χ4v) is 4.03. The predicted molar refractivity (Wildman–Crippen MR) is 124 cm³/mol. The number of morpholine rings is 1. The van der Waals surface area contributed by atoms with Crippen LogP contribution >= 0.6 is 0 Å². The Labute approximate surface area is 188 Å². The molecule has 2 aromatic carbocycles. The molecule has 2 unspecified atom stereocenters. The van der Waals surface area contributed by atoms with Crippen molar-refractivity contribution in [3.63, 3.8) is 0 Å². The molecule has 7 heteroatoms. The fourth-order valence-electron chi connectivity index (χ4n) is 4.03. The zero-order valence-corrected chi connectivity index (χ0v) is 18.1. The quantitative estimate of drug-likeness (QED) is 0.561. The Balaban J connectivity index is 1.37. The predicted octanol–water partition coefficient (Wildman–Crippen LogP) is 2.61. The van der Waals surface area contributed by atoms with Gasteiger partial charge in [0.2, 0.25) is 0 Å². The van der Waals surface area contributed by atoms with E-state index in [1.54, 1.807) is 12.3 Å². The summed E-state index contributed by atoms with van der Waals surface area (Å²) in [5, 5.41) is 16.6. The van der Waals surface area contributed by atoms with Crippen LogP contribution in [-0.2, 0) is 16.1 Å². The van der Waals surface area contributed by atoms with Crippen molar-refractivity contribution in [1.29, 1.82) is 5.26 Å². The summed E-state index contributed by atoms with van der Waals surface area (Å²) in [4.78, 5) is 19.3. The van der Waals surface area contributed by atoms with Crippen molar-refractivity contribution >= 4 is 22.5 Å². The fraction of sp³-hybridized carbons (Fsp3) is 0.320. The number of rotatable bonds is 7. The average molecular weight is 430 g/mol. The molecule has 0 bridgehead atoms. The van der Waals surface area contributed by atoms with Crippen LogP contribution in [-0.4, -0.2) is 49.3 Å². The topological polar surface area (TPSA) is 90.3 Å². The third-order valence-electron chi connectivity index (χ3n) is 5.53. The van der Waals surface area contributed by atoms with E-state index in [-0.39, 0.29) is 12.0 Å². The number of anilines is 1. The maximum Gasteiger partial charge on any atom is 0.251 e. The number of nitrogens with zero attached hydrogens (tertiary/aromatic N) is 3. The van der Waals surface area contributed by atoms with Gasteiger partial charge >= 0.3 is 0 Å². The number of nitrogens with one attached hydrogen (secondary N) is 2. The number of fused-ring (bicyclic) bond motifs is 1. The maximum atomic E-state index is 12.8. The molecule has 3 aromatic rings. The van der Waals surface area contributed by atoms with Crippen LogP contribution in [0, 0.1) is 11.3 Å². The van der Waals surface area contributed by atoms with E-state index in [0.29, 0.717) is 37.3 Å². The molecule has 0 radical (unpaired) electrons. The molecule has 2 N–H and O–H groups in total. The highest BCUT2D eigenvalue weighted by atomic mass is 16.5. The first-order valence-corrected chi connectivity index (χ1v) is 10.9. The van der Waals surface area contributed by atoms with Crippen molar-refractivity contribution in [2.24, 2.45) is 0 Å². The number of amides is 1. The van der Waals surface area contributed by atoms with Crippen LogP contribution in [0.2, 0.25) is 0 Å². The van der Waals surface area contributed by atoms with E-state index in [4.69, 9.17) is 4.74 Å². The van der Waals surface area contributed by atoms with Crippen molar-refractivity contribution < 1.29 is 9.53 Å². The summed E-state index contributed by atoms with van der Waals surface area (Å²) >= 11 is 0. The number of benzene rings is 2. The molecule has 32 heavy (non-hydrogen) atoms. The Kier molecular flexibility index (Phi) is 6.95. The third-order valence-corrected chi connectivity index (χ3v) is 5.53. The van der Waals surface area contributed by atoms with Gasteiger partial charge in [-0.1, -0.05) is 30.3 Å². The molecule has 2 atom stereocenters. The summed E-state index contributed by atoms with van der Waals surface area (Å²) < 4.78 is 5.94. The minimum Gasteiger partial charge on any atom is -0.365 e. The van der Waals surface area contributed by atoms with Gasteiger partial charge in [0, 0.05) is 43.4 Å². The number of carbonyl (C=O) groups is 1. The van der Waals surface area contributed by atoms with Crippen molar-refractivity contribution in [2.75, 3.05) is 31.1 Å². The number of ether oxygens (including phenoxy) is 1. The molecule has 0 saturated carbocycles. The minimum atomic E-state index is -0.560. The molecule has 0 spiro atoms. The lowest BCUT2D eigenvalue weighted by Gasteiger charge is -2.38. The second kappa shape index (κ2) is 10.2. The second-order valence-corrected chi connectivity index (χ2v) is 7.94. The van der Waals surface area contributed by atoms with Crippen molar-refractivity contribution in [3.8, 4) is 6.07 Å². The number of pyridine rings is 1. The highest BCUT2D eigenvalue weighted by Gasteiger charge is 2.31. The summed E-state index contributed by atoms with van der Waals surface area (Å²) in [6, 6.07) is 19.9. The molecule has 164 valence electrons. The van der Waals surface area contributed by atoms with Crippen LogP contribution in [0.5, 0.6) is 0 Å². The van der Waals surface area contributed by atoms with Gasteiger partial charge in [-0.05, 0) is 36.8 Å². The number of nitriles is 1. The van der Waals surface area contributed by atoms with Gasteiger partial charge in [0.05, 0.1) is 23.7 Å². The van der Waals surface area contributed by atoms with Crippen LogP contribution in [0.4, 0.5) is 5.69 Å². The van der Waals surface area contributed by atoms with Crippen LogP contribution in [0.25, 0.3) is 10.9 Å². The first-order chi connectivity index (χ1) is 15.7. The average Bonchev–Trinajstić information content (AvgIpc) is 2.83. The van der Waals surface area contributed by atoms with E-state index in [9.17, 15) is 10.1 Å². The van der Waals surface area contributed by atoms with E-state index >= 15 is 0 Å². The van der Waals surface area contributed by atoms with Gasteiger partial charge in [0.25, 0.3) is 5.91 Å². The first kappa shape index (κ1) is 21.8. The molecule has 1 fully saturated rings. The van der Waals surface area contributed by atoms with E-state index in [0.717, 1.165) is 17.6 Å². The molecule has 0 aliphatic carbocycles. The SMILES string of the molecule is CC1CN(c2ccc(C#N)c3ncccc23)CC(C(=O)NCCNCc2ccccc2)O1. The van der Waals surface area contributed by atoms with Crippen LogP contribution < -0.4 is 15.5 Å². The van der Waals surface area contributed by atoms with Gasteiger partial charge in [-0.3, -0.25) is 9.78 Å². The summed E-state index contributed by atoms with van der Waals surface area (Å²) in [6.45, 7) is 5.06. The Bertz CT molecular complexity index is 1110. The molecule has 1 amide bonds. The molecule has 7 nitrogen and oxygen atoms in total. The first-order valence-electron chi connectivity index (χ1n) is 10.9. The van der Waals surface area contributed by atoms with Crippen LogP contribution in [0.1, 0.15) is 18.1 Å².